The van der Waals surface area contributed by atoms with Crippen LogP contribution in [0.15, 0.2) is 47.1 Å². The van der Waals surface area contributed by atoms with Crippen molar-refractivity contribution >= 4 is 46.1 Å². The Balaban J connectivity index is 1.63. The van der Waals surface area contributed by atoms with Crippen molar-refractivity contribution in [1.29, 1.82) is 0 Å². The second-order valence-electron chi connectivity index (χ2n) is 4.70. The average Bonchev–Trinajstić information content (AvgIpc) is 3.10. The Hall–Kier alpha value is -2.36. The van der Waals surface area contributed by atoms with Crippen LogP contribution in [-0.4, -0.2) is 30.9 Å². The van der Waals surface area contributed by atoms with E-state index in [4.69, 9.17) is 9.15 Å². The van der Waals surface area contributed by atoms with Crippen molar-refractivity contribution < 1.29 is 23.5 Å². The monoisotopic (exact) mass is 442 g/mol. The molecule has 7 nitrogen and oxygen atoms in total. The van der Waals surface area contributed by atoms with E-state index in [0.29, 0.717) is 5.69 Å². The molecule has 24 heavy (non-hydrogen) atoms. The number of benzene rings is 1. The SMILES string of the molecule is O=C(COC(=O)CCNC(=O)c1ccco1)Nc1ccc(I)cc1. The number of esters is 1. The Bertz CT molecular complexity index is 698. The van der Waals surface area contributed by atoms with Crippen LogP contribution in [0.5, 0.6) is 0 Å². The summed E-state index contributed by atoms with van der Waals surface area (Å²) in [4.78, 5) is 34.8. The van der Waals surface area contributed by atoms with Crippen LogP contribution >= 0.6 is 22.6 Å². The predicted molar refractivity (Wildman–Crippen MR) is 94.4 cm³/mol. The smallest absolute Gasteiger partial charge is 0.308 e. The lowest BCUT2D eigenvalue weighted by atomic mass is 10.3. The van der Waals surface area contributed by atoms with Gasteiger partial charge in [-0.15, -0.1) is 0 Å². The van der Waals surface area contributed by atoms with Gasteiger partial charge in [-0.25, -0.2) is 0 Å². The van der Waals surface area contributed by atoms with E-state index >= 15 is 0 Å². The van der Waals surface area contributed by atoms with Crippen LogP contribution in [-0.2, 0) is 14.3 Å². The molecule has 2 amide bonds. The largest absolute Gasteiger partial charge is 0.459 e. The summed E-state index contributed by atoms with van der Waals surface area (Å²) in [5.41, 5.74) is 0.627. The van der Waals surface area contributed by atoms with Crippen LogP contribution in [0, 0.1) is 3.57 Å². The summed E-state index contributed by atoms with van der Waals surface area (Å²) in [5, 5.41) is 5.13. The molecule has 0 aliphatic carbocycles. The number of halogens is 1. The Morgan fingerprint density at radius 1 is 1.12 bits per heavy atom. The minimum absolute atomic E-state index is 0.0384. The molecule has 1 heterocycles. The van der Waals surface area contributed by atoms with Gasteiger partial charge in [0.2, 0.25) is 0 Å². The van der Waals surface area contributed by atoms with E-state index in [-0.39, 0.29) is 25.3 Å². The minimum atomic E-state index is -0.576. The van der Waals surface area contributed by atoms with Gasteiger partial charge in [-0.05, 0) is 59.0 Å². The fourth-order valence-electron chi connectivity index (χ4n) is 1.72. The highest BCUT2D eigenvalue weighted by Gasteiger charge is 2.11. The first-order valence-corrected chi connectivity index (χ1v) is 8.15. The zero-order valence-corrected chi connectivity index (χ0v) is 14.7. The van der Waals surface area contributed by atoms with Crippen molar-refractivity contribution in [3.8, 4) is 0 Å². The topological polar surface area (TPSA) is 97.6 Å². The van der Waals surface area contributed by atoms with Gasteiger partial charge in [0.05, 0.1) is 12.7 Å². The quantitative estimate of drug-likeness (QED) is 0.506. The van der Waals surface area contributed by atoms with Crippen LogP contribution < -0.4 is 10.6 Å². The standard InChI is InChI=1S/C16H15IN2O5/c17-11-3-5-12(6-4-11)19-14(20)10-24-15(21)7-8-18-16(22)13-2-1-9-23-13/h1-6,9H,7-8,10H2,(H,18,22)(H,19,20). The zero-order chi connectivity index (χ0) is 17.4. The number of carbonyl (C=O) groups excluding carboxylic acids is 3. The molecule has 0 radical (unpaired) electrons. The molecular formula is C16H15IN2O5. The average molecular weight is 442 g/mol. The molecule has 2 rings (SSSR count). The van der Waals surface area contributed by atoms with E-state index in [9.17, 15) is 14.4 Å². The van der Waals surface area contributed by atoms with Crippen LogP contribution in [0.2, 0.25) is 0 Å². The maximum Gasteiger partial charge on any atom is 0.308 e. The normalized spacial score (nSPS) is 10.0. The van der Waals surface area contributed by atoms with E-state index < -0.39 is 17.8 Å². The van der Waals surface area contributed by atoms with Crippen LogP contribution in [0.1, 0.15) is 17.0 Å². The van der Waals surface area contributed by atoms with Crippen molar-refractivity contribution in [2.24, 2.45) is 0 Å². The summed E-state index contributed by atoms with van der Waals surface area (Å²) in [5.74, 6) is -1.25. The molecule has 0 aliphatic heterocycles. The first-order valence-electron chi connectivity index (χ1n) is 7.07. The number of hydrogen-bond donors (Lipinski definition) is 2. The molecule has 1 aromatic carbocycles. The number of furan rings is 1. The van der Waals surface area contributed by atoms with Crippen molar-refractivity contribution in [2.75, 3.05) is 18.5 Å². The summed E-state index contributed by atoms with van der Waals surface area (Å²) < 4.78 is 10.8. The Morgan fingerprint density at radius 3 is 2.54 bits per heavy atom. The summed E-state index contributed by atoms with van der Waals surface area (Å²) >= 11 is 2.16. The Kier molecular flexibility index (Phi) is 6.79. The van der Waals surface area contributed by atoms with Crippen LogP contribution in [0.25, 0.3) is 0 Å². The van der Waals surface area contributed by atoms with Crippen molar-refractivity contribution in [3.05, 3.63) is 52.0 Å². The van der Waals surface area contributed by atoms with E-state index in [1.165, 1.54) is 12.3 Å². The van der Waals surface area contributed by atoms with Crippen molar-refractivity contribution in [2.45, 2.75) is 6.42 Å². The second-order valence-corrected chi connectivity index (χ2v) is 5.94. The number of nitrogens with one attached hydrogen (secondary N) is 2. The van der Waals surface area contributed by atoms with E-state index in [1.807, 2.05) is 12.1 Å². The molecule has 8 heteroatoms. The first-order chi connectivity index (χ1) is 11.5. The van der Waals surface area contributed by atoms with E-state index in [1.54, 1.807) is 18.2 Å². The highest BCUT2D eigenvalue weighted by Crippen LogP contribution is 2.10. The molecule has 0 fully saturated rings. The summed E-state index contributed by atoms with van der Waals surface area (Å²) in [6.45, 7) is -0.284. The lowest BCUT2D eigenvalue weighted by Gasteiger charge is -2.07. The maximum atomic E-state index is 11.7. The van der Waals surface area contributed by atoms with Gasteiger partial charge in [-0.1, -0.05) is 0 Å². The van der Waals surface area contributed by atoms with Crippen molar-refractivity contribution in [1.82, 2.24) is 5.32 Å². The van der Waals surface area contributed by atoms with Gasteiger partial charge >= 0.3 is 5.97 Å². The lowest BCUT2D eigenvalue weighted by molar-refractivity contribution is -0.147. The number of amides is 2. The molecule has 126 valence electrons. The van der Waals surface area contributed by atoms with Crippen LogP contribution in [0.3, 0.4) is 0 Å². The second kappa shape index (κ2) is 9.06. The van der Waals surface area contributed by atoms with Crippen molar-refractivity contribution in [3.63, 3.8) is 0 Å². The molecule has 2 aromatic rings. The van der Waals surface area contributed by atoms with E-state index in [0.717, 1.165) is 3.57 Å². The third-order valence-corrected chi connectivity index (χ3v) is 3.57. The molecule has 0 spiro atoms. The third-order valence-electron chi connectivity index (χ3n) is 2.85. The number of ether oxygens (including phenoxy) is 1. The highest BCUT2D eigenvalue weighted by molar-refractivity contribution is 14.1. The van der Waals surface area contributed by atoms with Gasteiger partial charge in [0, 0.05) is 15.8 Å². The van der Waals surface area contributed by atoms with Gasteiger partial charge < -0.3 is 19.8 Å². The number of anilines is 1. The lowest BCUT2D eigenvalue weighted by Crippen LogP contribution is -2.27. The van der Waals surface area contributed by atoms with Gasteiger partial charge in [-0.2, -0.15) is 0 Å². The number of carbonyl (C=O) groups is 3. The summed E-state index contributed by atoms with van der Waals surface area (Å²) in [6.07, 6.45) is 1.35. The van der Waals surface area contributed by atoms with Gasteiger partial charge in [0.25, 0.3) is 11.8 Å². The Morgan fingerprint density at radius 2 is 1.88 bits per heavy atom. The predicted octanol–water partition coefficient (Wildman–Crippen LogP) is 2.19. The third kappa shape index (κ3) is 6.03. The molecule has 0 saturated heterocycles. The van der Waals surface area contributed by atoms with Gasteiger partial charge in [0.15, 0.2) is 12.4 Å². The molecule has 0 aliphatic rings. The molecular weight excluding hydrogens is 427 g/mol. The van der Waals surface area contributed by atoms with Gasteiger partial charge in [-0.3, -0.25) is 14.4 Å². The molecule has 1 aromatic heterocycles. The minimum Gasteiger partial charge on any atom is -0.459 e. The summed E-state index contributed by atoms with van der Waals surface area (Å²) in [7, 11) is 0. The van der Waals surface area contributed by atoms with Gasteiger partial charge in [0.1, 0.15) is 0 Å². The highest BCUT2D eigenvalue weighted by atomic mass is 127. The molecule has 2 N–H and O–H groups in total. The fourth-order valence-corrected chi connectivity index (χ4v) is 2.08. The number of hydrogen-bond acceptors (Lipinski definition) is 5. The zero-order valence-electron chi connectivity index (χ0n) is 12.6. The molecule has 0 saturated carbocycles. The van der Waals surface area contributed by atoms with Crippen LogP contribution in [0.4, 0.5) is 5.69 Å². The fraction of sp³-hybridized carbons (Fsp3) is 0.188. The summed E-state index contributed by atoms with van der Waals surface area (Å²) in [6, 6.07) is 10.3. The van der Waals surface area contributed by atoms with E-state index in [2.05, 4.69) is 33.2 Å². The first kappa shape index (κ1) is 18.0. The molecule has 0 atom stereocenters. The molecule has 0 bridgehead atoms. The molecule has 0 unspecified atom stereocenters. The number of rotatable bonds is 7. The Labute approximate surface area is 151 Å². The maximum absolute atomic E-state index is 11.7.